The average molecular weight is 311 g/mol. The minimum Gasteiger partial charge on any atom is -0.459 e. The van der Waals surface area contributed by atoms with Crippen molar-refractivity contribution < 1.29 is 26.9 Å². The van der Waals surface area contributed by atoms with E-state index in [1.165, 1.54) is 0 Å². The van der Waals surface area contributed by atoms with Crippen molar-refractivity contribution in [2.24, 2.45) is 11.8 Å². The summed E-state index contributed by atoms with van der Waals surface area (Å²) in [6, 6.07) is -0.135. The molecule has 114 valence electrons. The first-order valence-electron chi connectivity index (χ1n) is 6.29. The number of rotatable bonds is 5. The fourth-order valence-corrected chi connectivity index (χ4v) is 3.47. The standard InChI is InChI=1S/C12H16F3NO3S/c1-6(2)11(17)18-10-5-7-3-8(10)9(4-7)16-20-19-12(13,14)15/h7-10,16H,1,3-5H2,2H3. The number of fused-ring (bicyclic) bond motifs is 2. The van der Waals surface area contributed by atoms with Gasteiger partial charge in [0.25, 0.3) is 0 Å². The number of carbonyl (C=O) groups is 1. The van der Waals surface area contributed by atoms with Crippen LogP contribution in [-0.2, 0) is 13.7 Å². The van der Waals surface area contributed by atoms with Crippen LogP contribution in [0.2, 0.25) is 0 Å². The Morgan fingerprint density at radius 1 is 1.35 bits per heavy atom. The highest BCUT2D eigenvalue weighted by atomic mass is 32.2. The molecule has 4 unspecified atom stereocenters. The van der Waals surface area contributed by atoms with Crippen molar-refractivity contribution in [3.05, 3.63) is 12.2 Å². The van der Waals surface area contributed by atoms with Crippen LogP contribution in [0.4, 0.5) is 13.2 Å². The van der Waals surface area contributed by atoms with Crippen molar-refractivity contribution in [2.45, 2.75) is 44.7 Å². The van der Waals surface area contributed by atoms with Crippen LogP contribution in [0.15, 0.2) is 12.2 Å². The molecular weight excluding hydrogens is 295 g/mol. The van der Waals surface area contributed by atoms with E-state index in [1.807, 2.05) is 0 Å². The summed E-state index contributed by atoms with van der Waals surface area (Å²) in [5.41, 5.74) is 0.326. The van der Waals surface area contributed by atoms with E-state index >= 15 is 0 Å². The van der Waals surface area contributed by atoms with Gasteiger partial charge in [0.1, 0.15) is 6.10 Å². The molecular formula is C12H16F3NO3S. The topological polar surface area (TPSA) is 47.6 Å². The molecule has 0 heterocycles. The second-order valence-electron chi connectivity index (χ2n) is 5.30. The van der Waals surface area contributed by atoms with Gasteiger partial charge in [-0.05, 0) is 32.1 Å². The lowest BCUT2D eigenvalue weighted by Gasteiger charge is -2.29. The third-order valence-electron chi connectivity index (χ3n) is 3.70. The Morgan fingerprint density at radius 2 is 2.05 bits per heavy atom. The molecule has 2 rings (SSSR count). The summed E-state index contributed by atoms with van der Waals surface area (Å²) in [6.07, 6.45) is -2.51. The molecule has 8 heteroatoms. The van der Waals surface area contributed by atoms with E-state index in [1.54, 1.807) is 6.92 Å². The molecule has 4 nitrogen and oxygen atoms in total. The SMILES string of the molecule is C=C(C)C(=O)OC1CC2CC(NSOC(F)(F)F)C1C2. The number of hydrogen-bond acceptors (Lipinski definition) is 5. The molecule has 2 bridgehead atoms. The average Bonchev–Trinajstić information content (AvgIpc) is 2.86. The van der Waals surface area contributed by atoms with Crippen molar-refractivity contribution in [1.29, 1.82) is 0 Å². The molecule has 0 aromatic heterocycles. The first kappa shape index (κ1) is 15.7. The summed E-state index contributed by atoms with van der Waals surface area (Å²) in [6.45, 7) is 5.08. The van der Waals surface area contributed by atoms with Crippen LogP contribution in [0.5, 0.6) is 0 Å². The molecule has 0 aliphatic heterocycles. The predicted molar refractivity (Wildman–Crippen MR) is 67.2 cm³/mol. The highest BCUT2D eigenvalue weighted by Gasteiger charge is 2.48. The van der Waals surface area contributed by atoms with Crippen molar-refractivity contribution >= 4 is 18.2 Å². The summed E-state index contributed by atoms with van der Waals surface area (Å²) >= 11 is 0.191. The highest BCUT2D eigenvalue weighted by Crippen LogP contribution is 2.47. The van der Waals surface area contributed by atoms with E-state index in [0.717, 1.165) is 19.3 Å². The summed E-state index contributed by atoms with van der Waals surface area (Å²) in [5, 5.41) is 0. The quantitative estimate of drug-likeness (QED) is 0.366. The van der Waals surface area contributed by atoms with Crippen LogP contribution in [0, 0.1) is 11.8 Å². The number of nitrogens with one attached hydrogen (secondary N) is 1. The maximum absolute atomic E-state index is 11.9. The lowest BCUT2D eigenvalue weighted by Crippen LogP contribution is -2.39. The molecule has 0 aromatic carbocycles. The number of esters is 1. The lowest BCUT2D eigenvalue weighted by atomic mass is 9.93. The molecule has 2 aliphatic carbocycles. The van der Waals surface area contributed by atoms with Crippen LogP contribution in [0.25, 0.3) is 0 Å². The van der Waals surface area contributed by atoms with Crippen LogP contribution in [0.3, 0.4) is 0 Å². The van der Waals surface area contributed by atoms with Gasteiger partial charge in [-0.3, -0.25) is 0 Å². The fraction of sp³-hybridized carbons (Fsp3) is 0.750. The first-order chi connectivity index (χ1) is 9.26. The Kier molecular flexibility index (Phi) is 4.66. The first-order valence-corrected chi connectivity index (χ1v) is 7.04. The molecule has 0 amide bonds. The fourth-order valence-electron chi connectivity index (χ4n) is 2.93. The van der Waals surface area contributed by atoms with E-state index < -0.39 is 12.3 Å². The van der Waals surface area contributed by atoms with Gasteiger partial charge in [-0.15, -0.1) is 13.2 Å². The predicted octanol–water partition coefficient (Wildman–Crippen LogP) is 2.96. The van der Waals surface area contributed by atoms with Gasteiger partial charge >= 0.3 is 12.3 Å². The van der Waals surface area contributed by atoms with E-state index in [0.29, 0.717) is 11.5 Å². The van der Waals surface area contributed by atoms with Crippen LogP contribution < -0.4 is 4.72 Å². The summed E-state index contributed by atoms with van der Waals surface area (Å²) in [5.74, 6) is -0.0277. The number of alkyl halides is 3. The summed E-state index contributed by atoms with van der Waals surface area (Å²) in [4.78, 5) is 11.5. The zero-order chi connectivity index (χ0) is 14.9. The maximum Gasteiger partial charge on any atom is 0.534 e. The normalized spacial score (nSPS) is 32.4. The molecule has 4 atom stereocenters. The monoisotopic (exact) mass is 311 g/mol. The summed E-state index contributed by atoms with van der Waals surface area (Å²) in [7, 11) is 0. The zero-order valence-corrected chi connectivity index (χ0v) is 11.7. The second kappa shape index (κ2) is 5.95. The molecule has 0 spiro atoms. The molecule has 2 saturated carbocycles. The second-order valence-corrected chi connectivity index (χ2v) is 5.87. The van der Waals surface area contributed by atoms with Gasteiger partial charge in [0.2, 0.25) is 0 Å². The Bertz CT molecular complexity index is 402. The Balaban J connectivity index is 1.82. The third kappa shape index (κ3) is 3.89. The van der Waals surface area contributed by atoms with Gasteiger partial charge in [0.05, 0.1) is 12.2 Å². The zero-order valence-electron chi connectivity index (χ0n) is 10.9. The Hall–Kier alpha value is -0.730. The van der Waals surface area contributed by atoms with Gasteiger partial charge in [-0.1, -0.05) is 6.58 Å². The van der Waals surface area contributed by atoms with Crippen LogP contribution >= 0.6 is 12.2 Å². The van der Waals surface area contributed by atoms with Gasteiger partial charge < -0.3 is 4.74 Å². The van der Waals surface area contributed by atoms with Crippen LogP contribution in [0.1, 0.15) is 26.2 Å². The maximum atomic E-state index is 11.9. The number of carbonyl (C=O) groups excluding carboxylic acids is 1. The van der Waals surface area contributed by atoms with E-state index in [4.69, 9.17) is 4.74 Å². The number of ether oxygens (including phenoxy) is 1. The van der Waals surface area contributed by atoms with Crippen molar-refractivity contribution in [2.75, 3.05) is 0 Å². The third-order valence-corrected chi connectivity index (χ3v) is 4.37. The van der Waals surface area contributed by atoms with Crippen molar-refractivity contribution in [3.63, 3.8) is 0 Å². The van der Waals surface area contributed by atoms with Crippen LogP contribution in [-0.4, -0.2) is 24.5 Å². The van der Waals surface area contributed by atoms with E-state index in [2.05, 4.69) is 15.5 Å². The van der Waals surface area contributed by atoms with Gasteiger partial charge in [0.15, 0.2) is 0 Å². The molecule has 0 radical (unpaired) electrons. The Morgan fingerprint density at radius 3 is 2.60 bits per heavy atom. The molecule has 2 fully saturated rings. The molecule has 1 N–H and O–H groups in total. The Labute approximate surface area is 119 Å². The highest BCUT2D eigenvalue weighted by molar-refractivity contribution is 7.92. The largest absolute Gasteiger partial charge is 0.534 e. The van der Waals surface area contributed by atoms with E-state index in [-0.39, 0.29) is 30.3 Å². The molecule has 2 aliphatic rings. The minimum atomic E-state index is -4.67. The van der Waals surface area contributed by atoms with Gasteiger partial charge in [-0.25, -0.2) is 13.7 Å². The smallest absolute Gasteiger partial charge is 0.459 e. The van der Waals surface area contributed by atoms with Gasteiger partial charge in [-0.2, -0.15) is 0 Å². The minimum absolute atomic E-state index is 0.0348. The lowest BCUT2D eigenvalue weighted by molar-refractivity contribution is -0.267. The van der Waals surface area contributed by atoms with Gasteiger partial charge in [0, 0.05) is 17.5 Å². The number of hydrogen-bond donors (Lipinski definition) is 1. The van der Waals surface area contributed by atoms with Crippen molar-refractivity contribution in [1.82, 2.24) is 4.72 Å². The number of halogens is 3. The molecule has 20 heavy (non-hydrogen) atoms. The molecule has 0 aromatic rings. The summed E-state index contributed by atoms with van der Waals surface area (Å²) < 4.78 is 47.3. The van der Waals surface area contributed by atoms with E-state index in [9.17, 15) is 18.0 Å². The van der Waals surface area contributed by atoms with Crippen molar-refractivity contribution in [3.8, 4) is 0 Å². The molecule has 0 saturated heterocycles.